The maximum Gasteiger partial charge on any atom is 0.0860 e. The predicted molar refractivity (Wildman–Crippen MR) is 116 cm³/mol. The fourth-order valence-corrected chi connectivity index (χ4v) is 4.51. The molecule has 0 bridgehead atoms. The second-order valence-corrected chi connectivity index (χ2v) is 7.60. The van der Waals surface area contributed by atoms with Crippen molar-refractivity contribution in [3.63, 3.8) is 0 Å². The van der Waals surface area contributed by atoms with Gasteiger partial charge in [-0.3, -0.25) is 5.01 Å². The van der Waals surface area contributed by atoms with E-state index in [9.17, 15) is 0 Å². The Morgan fingerprint density at radius 3 is 2.14 bits per heavy atom. The summed E-state index contributed by atoms with van der Waals surface area (Å²) in [6, 6.07) is 32.5. The number of hydrazone groups is 1. The van der Waals surface area contributed by atoms with Crippen LogP contribution >= 0.6 is 0 Å². The van der Waals surface area contributed by atoms with Gasteiger partial charge in [-0.15, -0.1) is 0 Å². The van der Waals surface area contributed by atoms with Gasteiger partial charge in [0.2, 0.25) is 0 Å². The van der Waals surface area contributed by atoms with Crippen molar-refractivity contribution in [1.29, 1.82) is 0 Å². The molecule has 2 heteroatoms. The van der Waals surface area contributed by atoms with Gasteiger partial charge >= 0.3 is 0 Å². The first-order chi connectivity index (χ1) is 13.9. The molecule has 2 atom stereocenters. The Kier molecular flexibility index (Phi) is 4.54. The van der Waals surface area contributed by atoms with E-state index in [2.05, 4.69) is 102 Å². The Hall–Kier alpha value is -3.13. The van der Waals surface area contributed by atoms with Crippen molar-refractivity contribution in [2.75, 3.05) is 5.01 Å². The molecule has 0 N–H and O–H groups in total. The smallest absolute Gasteiger partial charge is 0.0860 e. The summed E-state index contributed by atoms with van der Waals surface area (Å²) < 4.78 is 0. The van der Waals surface area contributed by atoms with Crippen molar-refractivity contribution in [3.05, 3.63) is 114 Å². The van der Waals surface area contributed by atoms with E-state index in [1.54, 1.807) is 0 Å². The van der Waals surface area contributed by atoms with Crippen molar-refractivity contribution in [2.45, 2.75) is 25.3 Å². The average molecular weight is 364 g/mol. The van der Waals surface area contributed by atoms with Gasteiger partial charge in [-0.25, -0.2) is 0 Å². The van der Waals surface area contributed by atoms with Gasteiger partial charge in [0.05, 0.1) is 17.4 Å². The lowest BCUT2D eigenvalue weighted by molar-refractivity contribution is 0.514. The van der Waals surface area contributed by atoms with Crippen LogP contribution in [0.2, 0.25) is 0 Å². The number of hydrogen-bond donors (Lipinski definition) is 0. The molecule has 0 unspecified atom stereocenters. The van der Waals surface area contributed by atoms with Crippen LogP contribution in [0.1, 0.15) is 30.0 Å². The van der Waals surface area contributed by atoms with E-state index in [1.165, 1.54) is 22.4 Å². The number of nitrogens with zero attached hydrogens (tertiary/aromatic N) is 2. The zero-order valence-electron chi connectivity index (χ0n) is 15.9. The van der Waals surface area contributed by atoms with E-state index in [0.717, 1.165) is 24.9 Å². The lowest BCUT2D eigenvalue weighted by atomic mass is 9.78. The molecule has 1 heterocycles. The Labute approximate surface area is 166 Å². The normalized spacial score (nSPS) is 21.1. The van der Waals surface area contributed by atoms with Crippen LogP contribution in [0.5, 0.6) is 0 Å². The van der Waals surface area contributed by atoms with E-state index in [4.69, 9.17) is 5.10 Å². The third-order valence-corrected chi connectivity index (χ3v) is 5.81. The number of para-hydroxylation sites is 1. The van der Waals surface area contributed by atoms with E-state index >= 15 is 0 Å². The zero-order chi connectivity index (χ0) is 18.8. The minimum absolute atomic E-state index is 0.262. The summed E-state index contributed by atoms with van der Waals surface area (Å²) in [7, 11) is 0. The Balaban J connectivity index is 1.55. The molecular formula is C26H24N2. The quantitative estimate of drug-likeness (QED) is 0.539. The van der Waals surface area contributed by atoms with E-state index < -0.39 is 0 Å². The molecular weight excluding hydrogens is 340 g/mol. The van der Waals surface area contributed by atoms with E-state index in [-0.39, 0.29) is 6.04 Å². The van der Waals surface area contributed by atoms with Crippen LogP contribution in [-0.4, -0.2) is 5.71 Å². The van der Waals surface area contributed by atoms with Crippen molar-refractivity contribution in [3.8, 4) is 0 Å². The van der Waals surface area contributed by atoms with E-state index in [0.29, 0.717) is 5.92 Å². The van der Waals surface area contributed by atoms with Gasteiger partial charge in [-0.1, -0.05) is 84.9 Å². The van der Waals surface area contributed by atoms with Gasteiger partial charge < -0.3 is 0 Å². The molecule has 0 fully saturated rings. The fraction of sp³-hybridized carbons (Fsp3) is 0.192. The molecule has 2 aliphatic rings. The summed E-state index contributed by atoms with van der Waals surface area (Å²) >= 11 is 0. The van der Waals surface area contributed by atoms with Crippen LogP contribution in [0.3, 0.4) is 0 Å². The lowest BCUT2D eigenvalue weighted by Gasteiger charge is -2.30. The van der Waals surface area contributed by atoms with Crippen LogP contribution in [0, 0.1) is 5.92 Å². The van der Waals surface area contributed by atoms with Crippen LogP contribution < -0.4 is 5.01 Å². The summed E-state index contributed by atoms with van der Waals surface area (Å²) in [4.78, 5) is 0. The van der Waals surface area contributed by atoms with Crippen LogP contribution in [0.15, 0.2) is 108 Å². The highest BCUT2D eigenvalue weighted by Crippen LogP contribution is 2.44. The van der Waals surface area contributed by atoms with Gasteiger partial charge in [-0.05, 0) is 48.1 Å². The Morgan fingerprint density at radius 2 is 1.43 bits per heavy atom. The van der Waals surface area contributed by atoms with Crippen LogP contribution in [-0.2, 0) is 6.42 Å². The molecule has 5 rings (SSSR count). The highest BCUT2D eigenvalue weighted by molar-refractivity contribution is 6.05. The second-order valence-electron chi connectivity index (χ2n) is 7.60. The van der Waals surface area contributed by atoms with Crippen LogP contribution in [0.4, 0.5) is 5.69 Å². The first-order valence-corrected chi connectivity index (χ1v) is 10.1. The summed E-state index contributed by atoms with van der Waals surface area (Å²) in [5.41, 5.74) is 6.52. The SMILES string of the molecule is C1=C(Cc2ccccc2)C2=NN(c3ccccc3)[C@H](c3ccccc3)[C@H]2CC1. The highest BCUT2D eigenvalue weighted by Gasteiger charge is 2.41. The number of benzene rings is 3. The summed E-state index contributed by atoms with van der Waals surface area (Å²) in [6.07, 6.45) is 5.64. The number of fused-ring (bicyclic) bond motifs is 1. The molecule has 0 saturated heterocycles. The molecule has 0 amide bonds. The van der Waals surface area contributed by atoms with Crippen molar-refractivity contribution in [2.24, 2.45) is 11.0 Å². The van der Waals surface area contributed by atoms with Gasteiger partial charge in [0, 0.05) is 5.92 Å². The van der Waals surface area contributed by atoms with E-state index in [1.807, 2.05) is 0 Å². The average Bonchev–Trinajstić information content (AvgIpc) is 3.16. The molecule has 0 saturated carbocycles. The third kappa shape index (κ3) is 3.16. The molecule has 138 valence electrons. The molecule has 2 nitrogen and oxygen atoms in total. The van der Waals surface area contributed by atoms with Crippen LogP contribution in [0.25, 0.3) is 0 Å². The molecule has 0 spiro atoms. The molecule has 1 aliphatic heterocycles. The number of anilines is 1. The van der Waals surface area contributed by atoms with Gasteiger partial charge in [0.1, 0.15) is 0 Å². The van der Waals surface area contributed by atoms with Crippen molar-refractivity contribution < 1.29 is 0 Å². The molecule has 3 aromatic carbocycles. The lowest BCUT2D eigenvalue weighted by Crippen LogP contribution is -2.27. The minimum atomic E-state index is 0.262. The first-order valence-electron chi connectivity index (χ1n) is 10.1. The minimum Gasteiger partial charge on any atom is -0.257 e. The molecule has 3 aromatic rings. The predicted octanol–water partition coefficient (Wildman–Crippen LogP) is 6.18. The third-order valence-electron chi connectivity index (χ3n) is 5.81. The Morgan fingerprint density at radius 1 is 0.786 bits per heavy atom. The van der Waals surface area contributed by atoms with Gasteiger partial charge in [0.25, 0.3) is 0 Å². The second kappa shape index (κ2) is 7.47. The fourth-order valence-electron chi connectivity index (χ4n) is 4.51. The number of allylic oxidation sites excluding steroid dienone is 2. The maximum absolute atomic E-state index is 5.20. The molecule has 28 heavy (non-hydrogen) atoms. The molecule has 1 aliphatic carbocycles. The largest absolute Gasteiger partial charge is 0.257 e. The number of hydrogen-bond acceptors (Lipinski definition) is 2. The Bertz CT molecular complexity index is 990. The highest BCUT2D eigenvalue weighted by atomic mass is 15.5. The molecule has 0 aromatic heterocycles. The summed E-state index contributed by atoms with van der Waals surface area (Å²) in [5.74, 6) is 0.436. The number of rotatable bonds is 4. The maximum atomic E-state index is 5.20. The van der Waals surface area contributed by atoms with Gasteiger partial charge in [-0.2, -0.15) is 5.10 Å². The summed E-state index contributed by atoms with van der Waals surface area (Å²) in [6.45, 7) is 0. The summed E-state index contributed by atoms with van der Waals surface area (Å²) in [5, 5.41) is 7.45. The van der Waals surface area contributed by atoms with Crippen molar-refractivity contribution in [1.82, 2.24) is 0 Å². The zero-order valence-corrected chi connectivity index (χ0v) is 15.9. The molecule has 0 radical (unpaired) electrons. The standard InChI is InChI=1S/C26H24N2/c1-4-11-20(12-5-1)19-22-15-10-18-24-25(22)27-28(23-16-8-3-9-17-23)26(24)21-13-6-2-7-14-21/h1-9,11-17,24,26H,10,18-19H2/t24-,26+/m0/s1. The first kappa shape index (κ1) is 17.0. The van der Waals surface area contributed by atoms with Gasteiger partial charge in [0.15, 0.2) is 0 Å². The van der Waals surface area contributed by atoms with Crippen molar-refractivity contribution >= 4 is 11.4 Å². The monoisotopic (exact) mass is 364 g/mol. The topological polar surface area (TPSA) is 15.6 Å².